The standard InChI is InChI=1S/C13H17F2N3O3/c1-13(2,3)17-10(19)6-7-16-12-9(18(20)21)5-4-8(14)11(12)15/h4-5,16H,6-7H2,1-3H3,(H,17,19). The number of nitrogens with zero attached hydrogens (tertiary/aromatic N) is 1. The molecule has 0 unspecified atom stereocenters. The van der Waals surface area contributed by atoms with E-state index in [1.54, 1.807) is 20.8 Å². The average Bonchev–Trinajstić information content (AvgIpc) is 2.31. The molecule has 0 atom stereocenters. The molecule has 1 aromatic carbocycles. The zero-order chi connectivity index (χ0) is 16.2. The van der Waals surface area contributed by atoms with E-state index in [9.17, 15) is 23.7 Å². The van der Waals surface area contributed by atoms with E-state index in [-0.39, 0.29) is 18.9 Å². The van der Waals surface area contributed by atoms with Gasteiger partial charge in [-0.2, -0.15) is 0 Å². The maximum atomic E-state index is 13.6. The fourth-order valence-electron chi connectivity index (χ4n) is 1.64. The molecule has 0 radical (unpaired) electrons. The van der Waals surface area contributed by atoms with E-state index >= 15 is 0 Å². The smallest absolute Gasteiger partial charge is 0.295 e. The first-order valence-corrected chi connectivity index (χ1v) is 6.29. The average molecular weight is 301 g/mol. The monoisotopic (exact) mass is 301 g/mol. The fourth-order valence-corrected chi connectivity index (χ4v) is 1.64. The van der Waals surface area contributed by atoms with Crippen LogP contribution in [0, 0.1) is 21.7 Å². The number of benzene rings is 1. The van der Waals surface area contributed by atoms with Crippen molar-refractivity contribution in [3.63, 3.8) is 0 Å². The Morgan fingerprint density at radius 3 is 2.48 bits per heavy atom. The van der Waals surface area contributed by atoms with Gasteiger partial charge >= 0.3 is 0 Å². The molecule has 0 aliphatic rings. The van der Waals surface area contributed by atoms with E-state index < -0.39 is 33.5 Å². The number of anilines is 1. The second kappa shape index (κ2) is 6.47. The predicted octanol–water partition coefficient (Wildman–Crippen LogP) is 2.59. The molecule has 1 aromatic rings. The second-order valence-electron chi connectivity index (χ2n) is 5.49. The van der Waals surface area contributed by atoms with Crippen molar-refractivity contribution in [1.29, 1.82) is 0 Å². The molecule has 0 aromatic heterocycles. The molecular weight excluding hydrogens is 284 g/mol. The molecule has 0 aliphatic carbocycles. The van der Waals surface area contributed by atoms with Crippen LogP contribution in [-0.4, -0.2) is 22.9 Å². The highest BCUT2D eigenvalue weighted by atomic mass is 19.2. The Morgan fingerprint density at radius 2 is 1.95 bits per heavy atom. The molecule has 21 heavy (non-hydrogen) atoms. The lowest BCUT2D eigenvalue weighted by atomic mass is 10.1. The van der Waals surface area contributed by atoms with Crippen molar-refractivity contribution in [2.45, 2.75) is 32.7 Å². The number of hydrogen-bond donors (Lipinski definition) is 2. The fraction of sp³-hybridized carbons (Fsp3) is 0.462. The van der Waals surface area contributed by atoms with Crippen LogP contribution >= 0.6 is 0 Å². The van der Waals surface area contributed by atoms with Gasteiger partial charge in [0.1, 0.15) is 0 Å². The Kier molecular flexibility index (Phi) is 5.17. The van der Waals surface area contributed by atoms with Gasteiger partial charge in [0.05, 0.1) is 4.92 Å². The summed E-state index contributed by atoms with van der Waals surface area (Å²) in [4.78, 5) is 21.5. The number of rotatable bonds is 5. The van der Waals surface area contributed by atoms with Gasteiger partial charge in [-0.15, -0.1) is 0 Å². The number of carbonyl (C=O) groups is 1. The van der Waals surface area contributed by atoms with Gasteiger partial charge in [-0.25, -0.2) is 8.78 Å². The summed E-state index contributed by atoms with van der Waals surface area (Å²) in [6.45, 7) is 5.35. The van der Waals surface area contributed by atoms with Gasteiger partial charge < -0.3 is 10.6 Å². The highest BCUT2D eigenvalue weighted by Gasteiger charge is 2.21. The summed E-state index contributed by atoms with van der Waals surface area (Å²) in [5, 5.41) is 15.9. The number of hydrogen-bond acceptors (Lipinski definition) is 4. The zero-order valence-corrected chi connectivity index (χ0v) is 12.0. The third-order valence-corrected chi connectivity index (χ3v) is 2.44. The maximum Gasteiger partial charge on any atom is 0.295 e. The van der Waals surface area contributed by atoms with E-state index in [1.165, 1.54) is 0 Å². The summed E-state index contributed by atoms with van der Waals surface area (Å²) in [6.07, 6.45) is -0.0234. The minimum absolute atomic E-state index is 0.0234. The molecule has 0 spiro atoms. The number of amides is 1. The molecule has 0 aliphatic heterocycles. The van der Waals surface area contributed by atoms with Gasteiger partial charge in [0.2, 0.25) is 5.91 Å². The normalized spacial score (nSPS) is 11.1. The largest absolute Gasteiger partial charge is 0.376 e. The van der Waals surface area contributed by atoms with Gasteiger partial charge in [-0.05, 0) is 26.8 Å². The molecule has 8 heteroatoms. The molecule has 2 N–H and O–H groups in total. The highest BCUT2D eigenvalue weighted by Crippen LogP contribution is 2.28. The highest BCUT2D eigenvalue weighted by molar-refractivity contribution is 5.77. The van der Waals surface area contributed by atoms with E-state index in [0.717, 1.165) is 6.07 Å². The van der Waals surface area contributed by atoms with Gasteiger partial charge in [-0.1, -0.05) is 0 Å². The first-order valence-electron chi connectivity index (χ1n) is 6.29. The number of nitro groups is 1. The molecule has 1 amide bonds. The summed E-state index contributed by atoms with van der Waals surface area (Å²) in [6, 6.07) is 1.56. The molecule has 0 heterocycles. The van der Waals surface area contributed by atoms with Crippen LogP contribution in [0.2, 0.25) is 0 Å². The summed E-state index contributed by atoms with van der Waals surface area (Å²) >= 11 is 0. The number of nitrogens with one attached hydrogen (secondary N) is 2. The van der Waals surface area contributed by atoms with E-state index in [4.69, 9.17) is 0 Å². The van der Waals surface area contributed by atoms with Gasteiger partial charge in [-0.3, -0.25) is 14.9 Å². The quantitative estimate of drug-likeness (QED) is 0.646. The van der Waals surface area contributed by atoms with Crippen molar-refractivity contribution >= 4 is 17.3 Å². The predicted molar refractivity (Wildman–Crippen MR) is 74.0 cm³/mol. The van der Waals surface area contributed by atoms with Crippen molar-refractivity contribution < 1.29 is 18.5 Å². The molecule has 0 saturated carbocycles. The first-order chi connectivity index (χ1) is 9.61. The topological polar surface area (TPSA) is 84.3 Å². The van der Waals surface area contributed by atoms with Crippen LogP contribution in [0.4, 0.5) is 20.2 Å². The van der Waals surface area contributed by atoms with Crippen LogP contribution in [0.25, 0.3) is 0 Å². The summed E-state index contributed by atoms with van der Waals surface area (Å²) in [7, 11) is 0. The van der Waals surface area contributed by atoms with Gasteiger partial charge in [0, 0.05) is 24.6 Å². The Hall–Kier alpha value is -2.25. The van der Waals surface area contributed by atoms with Gasteiger partial charge in [0.15, 0.2) is 17.3 Å². The summed E-state index contributed by atoms with van der Waals surface area (Å²) in [5.41, 5.74) is -1.54. The number of halogens is 2. The van der Waals surface area contributed by atoms with Crippen molar-refractivity contribution in [1.82, 2.24) is 5.32 Å². The minimum Gasteiger partial charge on any atom is -0.376 e. The molecule has 6 nitrogen and oxygen atoms in total. The van der Waals surface area contributed by atoms with Crippen molar-refractivity contribution in [2.24, 2.45) is 0 Å². The zero-order valence-electron chi connectivity index (χ0n) is 12.0. The lowest BCUT2D eigenvalue weighted by Gasteiger charge is -2.20. The van der Waals surface area contributed by atoms with E-state index in [0.29, 0.717) is 6.07 Å². The molecule has 1 rings (SSSR count). The number of nitro benzene ring substituents is 1. The lowest BCUT2D eigenvalue weighted by molar-refractivity contribution is -0.384. The molecule has 0 fully saturated rings. The van der Waals surface area contributed by atoms with Crippen molar-refractivity contribution in [3.8, 4) is 0 Å². The third kappa shape index (κ3) is 4.97. The maximum absolute atomic E-state index is 13.6. The van der Waals surface area contributed by atoms with Crippen LogP contribution in [-0.2, 0) is 4.79 Å². The van der Waals surface area contributed by atoms with Crippen LogP contribution in [0.5, 0.6) is 0 Å². The summed E-state index contributed by atoms with van der Waals surface area (Å²) in [5.74, 6) is -2.82. The third-order valence-electron chi connectivity index (χ3n) is 2.44. The van der Waals surface area contributed by atoms with Gasteiger partial charge in [0.25, 0.3) is 5.69 Å². The Morgan fingerprint density at radius 1 is 1.33 bits per heavy atom. The van der Waals surface area contributed by atoms with E-state index in [1.807, 2.05) is 0 Å². The van der Waals surface area contributed by atoms with E-state index in [2.05, 4.69) is 10.6 Å². The Bertz CT molecular complexity index is 556. The van der Waals surface area contributed by atoms with Crippen LogP contribution in [0.3, 0.4) is 0 Å². The van der Waals surface area contributed by atoms with Crippen molar-refractivity contribution in [3.05, 3.63) is 33.9 Å². The van der Waals surface area contributed by atoms with Crippen LogP contribution < -0.4 is 10.6 Å². The Labute approximate surface area is 120 Å². The SMILES string of the molecule is CC(C)(C)NC(=O)CCNc1c([N+](=O)[O-])ccc(F)c1F. The first kappa shape index (κ1) is 16.8. The number of carbonyl (C=O) groups excluding carboxylic acids is 1. The Balaban J connectivity index is 2.74. The van der Waals surface area contributed by atoms with Crippen LogP contribution in [0.15, 0.2) is 12.1 Å². The minimum atomic E-state index is -1.33. The van der Waals surface area contributed by atoms with Crippen LogP contribution in [0.1, 0.15) is 27.2 Å². The lowest BCUT2D eigenvalue weighted by Crippen LogP contribution is -2.41. The molecular formula is C13H17F2N3O3. The molecule has 0 bridgehead atoms. The molecule has 116 valence electrons. The second-order valence-corrected chi connectivity index (χ2v) is 5.49. The summed E-state index contributed by atoms with van der Waals surface area (Å²) < 4.78 is 26.7. The molecule has 0 saturated heterocycles. The van der Waals surface area contributed by atoms with Crippen molar-refractivity contribution in [2.75, 3.05) is 11.9 Å².